The molecule has 0 bridgehead atoms. The number of hydrogen-bond donors (Lipinski definition) is 1. The molecule has 0 aliphatic heterocycles. The van der Waals surface area contributed by atoms with Gasteiger partial charge in [-0.15, -0.1) is 0 Å². The second-order valence-electron chi connectivity index (χ2n) is 23.1. The van der Waals surface area contributed by atoms with Crippen LogP contribution in [0.1, 0.15) is 271 Å². The number of esters is 2. The van der Waals surface area contributed by atoms with Crippen LogP contribution in [0.5, 0.6) is 0 Å². The molecular formula is C72H125NO8P+. The molecule has 0 amide bonds. The fraction of sp³-hybridized carbons (Fsp3) is 0.694. The molecule has 0 aromatic heterocycles. The smallest absolute Gasteiger partial charge is 0.462 e. The van der Waals surface area contributed by atoms with Crippen LogP contribution in [0.25, 0.3) is 0 Å². The number of allylic oxidation sites excluding steroid dienone is 20. The van der Waals surface area contributed by atoms with Crippen molar-refractivity contribution in [3.05, 3.63) is 122 Å². The van der Waals surface area contributed by atoms with E-state index >= 15 is 0 Å². The Bertz CT molecular complexity index is 1800. The Morgan fingerprint density at radius 2 is 0.695 bits per heavy atom. The second kappa shape index (κ2) is 62.0. The first-order valence-electron chi connectivity index (χ1n) is 33.3. The maximum atomic E-state index is 12.9. The van der Waals surface area contributed by atoms with E-state index in [1.165, 1.54) is 141 Å². The van der Waals surface area contributed by atoms with Crippen LogP contribution in [0.4, 0.5) is 0 Å². The Hall–Kier alpha value is -3.59. The van der Waals surface area contributed by atoms with Crippen LogP contribution in [0.2, 0.25) is 0 Å². The molecule has 0 aromatic carbocycles. The van der Waals surface area contributed by atoms with E-state index in [4.69, 9.17) is 18.5 Å². The van der Waals surface area contributed by atoms with Crippen LogP contribution < -0.4 is 0 Å². The van der Waals surface area contributed by atoms with Crippen LogP contribution in [0, 0.1) is 0 Å². The molecule has 2 unspecified atom stereocenters. The van der Waals surface area contributed by atoms with Crippen LogP contribution >= 0.6 is 7.82 Å². The number of phosphoric ester groups is 1. The first kappa shape index (κ1) is 78.4. The van der Waals surface area contributed by atoms with Gasteiger partial charge in [0.2, 0.25) is 0 Å². The van der Waals surface area contributed by atoms with Gasteiger partial charge in [-0.25, -0.2) is 4.57 Å². The van der Waals surface area contributed by atoms with E-state index in [9.17, 15) is 19.0 Å². The van der Waals surface area contributed by atoms with Gasteiger partial charge in [-0.1, -0.05) is 270 Å². The number of carbonyl (C=O) groups is 2. The molecule has 0 rings (SSSR count). The van der Waals surface area contributed by atoms with Crippen molar-refractivity contribution >= 4 is 19.8 Å². The van der Waals surface area contributed by atoms with Gasteiger partial charge < -0.3 is 18.9 Å². The standard InChI is InChI=1S/C72H124NO8P/c1-6-8-10-12-14-16-18-20-22-24-26-27-28-29-30-31-32-33-34-35-36-37-38-39-40-41-42-43-44-45-47-49-51-53-55-57-59-61-63-65-72(75)81-70(69-80-82(76,77)79-67-66-73(3,4)5)68-78-71(74)64-62-60-58-56-54-52-50-48-46-25-23-21-19-17-15-13-11-9-7-2/h8,10,14-17,20-23,26-27,29-30,32-33,35-36,38-39,70H,6-7,9,11-13,18-19,24-25,28,31,34,37,40-69H2,1-5H3/p+1/b10-8-,16-14-,17-15-,22-20-,23-21-,27-26-,30-29-,33-32-,36-35-,39-38-. The zero-order chi connectivity index (χ0) is 59.8. The molecule has 2 atom stereocenters. The fourth-order valence-electron chi connectivity index (χ4n) is 8.89. The number of unbranched alkanes of at least 4 members (excludes halogenated alkanes) is 26. The third kappa shape index (κ3) is 65.6. The summed E-state index contributed by atoms with van der Waals surface area (Å²) in [6.07, 6.45) is 88.6. The van der Waals surface area contributed by atoms with Crippen molar-refractivity contribution < 1.29 is 42.1 Å². The van der Waals surface area contributed by atoms with Crippen LogP contribution in [0.3, 0.4) is 0 Å². The number of nitrogens with zero attached hydrogens (tertiary/aromatic N) is 1. The van der Waals surface area contributed by atoms with Gasteiger partial charge in [0.15, 0.2) is 6.10 Å². The van der Waals surface area contributed by atoms with Gasteiger partial charge in [-0.3, -0.25) is 18.6 Å². The van der Waals surface area contributed by atoms with E-state index in [-0.39, 0.29) is 32.0 Å². The molecule has 0 heterocycles. The number of carbonyl (C=O) groups excluding carboxylic acids is 2. The quantitative estimate of drug-likeness (QED) is 0.0211. The third-order valence-electron chi connectivity index (χ3n) is 14.0. The second-order valence-corrected chi connectivity index (χ2v) is 24.6. The summed E-state index contributed by atoms with van der Waals surface area (Å²) >= 11 is 0. The van der Waals surface area contributed by atoms with Crippen molar-refractivity contribution in [2.24, 2.45) is 0 Å². The summed E-state index contributed by atoms with van der Waals surface area (Å²) < 4.78 is 34.6. The largest absolute Gasteiger partial charge is 0.472 e. The van der Waals surface area contributed by atoms with Crippen LogP contribution in [0.15, 0.2) is 122 Å². The summed E-state index contributed by atoms with van der Waals surface area (Å²) in [5.41, 5.74) is 0. The van der Waals surface area contributed by atoms with E-state index in [0.29, 0.717) is 17.4 Å². The fourth-order valence-corrected chi connectivity index (χ4v) is 9.63. The number of likely N-dealkylation sites (N-methyl/N-ethyl adjacent to an activating group) is 1. The highest BCUT2D eigenvalue weighted by Crippen LogP contribution is 2.43. The Morgan fingerprint density at radius 1 is 0.390 bits per heavy atom. The van der Waals surface area contributed by atoms with Gasteiger partial charge >= 0.3 is 19.8 Å². The number of rotatable bonds is 60. The first-order valence-corrected chi connectivity index (χ1v) is 34.8. The summed E-state index contributed by atoms with van der Waals surface area (Å²) in [6.45, 7) is 4.30. The van der Waals surface area contributed by atoms with Crippen molar-refractivity contribution in [3.8, 4) is 0 Å². The van der Waals surface area contributed by atoms with Gasteiger partial charge in [-0.2, -0.15) is 0 Å². The zero-order valence-electron chi connectivity index (χ0n) is 53.4. The Labute approximate surface area is 505 Å². The lowest BCUT2D eigenvalue weighted by atomic mass is 10.0. The van der Waals surface area contributed by atoms with Crippen molar-refractivity contribution in [1.82, 2.24) is 0 Å². The maximum absolute atomic E-state index is 12.9. The molecule has 0 saturated heterocycles. The minimum absolute atomic E-state index is 0.0269. The van der Waals surface area contributed by atoms with E-state index in [1.54, 1.807) is 0 Å². The lowest BCUT2D eigenvalue weighted by molar-refractivity contribution is -0.870. The molecule has 0 spiro atoms. The summed E-state index contributed by atoms with van der Waals surface area (Å²) in [5.74, 6) is -0.802. The van der Waals surface area contributed by atoms with Crippen molar-refractivity contribution in [2.75, 3.05) is 47.5 Å². The Balaban J connectivity index is 4.05. The highest BCUT2D eigenvalue weighted by molar-refractivity contribution is 7.47. The van der Waals surface area contributed by atoms with Gasteiger partial charge in [0.1, 0.15) is 19.8 Å². The molecule has 0 radical (unpaired) electrons. The van der Waals surface area contributed by atoms with Gasteiger partial charge in [0.05, 0.1) is 27.7 Å². The lowest BCUT2D eigenvalue weighted by Crippen LogP contribution is -2.37. The van der Waals surface area contributed by atoms with Gasteiger partial charge in [0, 0.05) is 12.8 Å². The summed E-state index contributed by atoms with van der Waals surface area (Å²) in [4.78, 5) is 35.8. The normalized spacial score (nSPS) is 14.0. The minimum atomic E-state index is -4.40. The number of quaternary nitrogens is 1. The van der Waals surface area contributed by atoms with Crippen molar-refractivity contribution in [3.63, 3.8) is 0 Å². The van der Waals surface area contributed by atoms with Crippen molar-refractivity contribution in [2.45, 2.75) is 277 Å². The molecule has 82 heavy (non-hydrogen) atoms. The van der Waals surface area contributed by atoms with Gasteiger partial charge in [0.25, 0.3) is 0 Å². The molecule has 0 aliphatic carbocycles. The molecule has 0 aromatic rings. The van der Waals surface area contributed by atoms with E-state index in [0.717, 1.165) is 96.3 Å². The average molecular weight is 1160 g/mol. The van der Waals surface area contributed by atoms with E-state index < -0.39 is 26.5 Å². The molecule has 9 nitrogen and oxygen atoms in total. The summed E-state index contributed by atoms with van der Waals surface area (Å²) in [7, 11) is 1.47. The van der Waals surface area contributed by atoms with Crippen LogP contribution in [-0.4, -0.2) is 74.9 Å². The summed E-state index contributed by atoms with van der Waals surface area (Å²) in [5, 5.41) is 0. The molecular weight excluding hydrogens is 1040 g/mol. The topological polar surface area (TPSA) is 108 Å². The highest BCUT2D eigenvalue weighted by Gasteiger charge is 2.27. The van der Waals surface area contributed by atoms with E-state index in [2.05, 4.69) is 135 Å². The Morgan fingerprint density at radius 3 is 1.04 bits per heavy atom. The lowest BCUT2D eigenvalue weighted by Gasteiger charge is -2.24. The maximum Gasteiger partial charge on any atom is 0.472 e. The van der Waals surface area contributed by atoms with E-state index in [1.807, 2.05) is 21.1 Å². The predicted molar refractivity (Wildman–Crippen MR) is 353 cm³/mol. The molecule has 0 aliphatic rings. The third-order valence-corrected chi connectivity index (χ3v) is 15.0. The van der Waals surface area contributed by atoms with Gasteiger partial charge in [-0.05, 0) is 109 Å². The number of phosphoric acid groups is 1. The number of ether oxygens (including phenoxy) is 2. The van der Waals surface area contributed by atoms with Crippen LogP contribution in [-0.2, 0) is 32.7 Å². The molecule has 470 valence electrons. The summed E-state index contributed by atoms with van der Waals surface area (Å²) in [6, 6.07) is 0. The Kier molecular flexibility index (Phi) is 59.2. The minimum Gasteiger partial charge on any atom is -0.462 e. The highest BCUT2D eigenvalue weighted by atomic mass is 31.2. The SMILES string of the molecule is CC/C=C\C/C=C\C/C=C\C/C=C\C/C=C\C/C=C\C/C=C\C/C=C\CCCCCCCCCCCCCCCCC(=O)OC(COC(=O)CCCCCCCCCCC/C=C\C/C=C\CCCCC)COP(=O)(O)OCC[N+](C)(C)C. The molecule has 1 N–H and O–H groups in total. The first-order chi connectivity index (χ1) is 40.0. The molecule has 0 saturated carbocycles. The molecule has 10 heteroatoms. The average Bonchev–Trinajstić information content (AvgIpc) is 3.46. The predicted octanol–water partition coefficient (Wildman–Crippen LogP) is 21.5. The van der Waals surface area contributed by atoms with Crippen molar-refractivity contribution in [1.29, 1.82) is 0 Å². The number of hydrogen-bond acceptors (Lipinski definition) is 7. The zero-order valence-corrected chi connectivity index (χ0v) is 54.3. The monoisotopic (exact) mass is 1160 g/mol. The molecule has 0 fully saturated rings.